The van der Waals surface area contributed by atoms with E-state index in [1.807, 2.05) is 39.0 Å². The molecule has 2 aromatic rings. The summed E-state index contributed by atoms with van der Waals surface area (Å²) >= 11 is 0. The number of carbonyl (C=O) groups excluding carboxylic acids is 2. The lowest BCUT2D eigenvalue weighted by atomic mass is 9.98. The number of rotatable bonds is 6. The predicted octanol–water partition coefficient (Wildman–Crippen LogP) is 3.26. The quantitative estimate of drug-likeness (QED) is 0.699. The highest BCUT2D eigenvalue weighted by molar-refractivity contribution is 7.89. The fraction of sp³-hybridized carbons (Fsp3) is 0.333. The first-order chi connectivity index (χ1) is 13.4. The van der Waals surface area contributed by atoms with Crippen molar-refractivity contribution in [3.63, 3.8) is 0 Å². The highest BCUT2D eigenvalue weighted by Crippen LogP contribution is 2.27. The molecule has 7 nitrogen and oxygen atoms in total. The maximum atomic E-state index is 12.6. The van der Waals surface area contributed by atoms with Gasteiger partial charge in [0.15, 0.2) is 6.10 Å². The third-order valence-electron chi connectivity index (χ3n) is 4.59. The summed E-state index contributed by atoms with van der Waals surface area (Å²) in [7, 11) is -3.97. The molecule has 2 rings (SSSR count). The van der Waals surface area contributed by atoms with Gasteiger partial charge >= 0.3 is 5.97 Å². The van der Waals surface area contributed by atoms with Gasteiger partial charge in [-0.05, 0) is 55.5 Å². The van der Waals surface area contributed by atoms with Crippen molar-refractivity contribution in [2.45, 2.75) is 51.5 Å². The van der Waals surface area contributed by atoms with Gasteiger partial charge in [0.2, 0.25) is 10.0 Å². The fourth-order valence-corrected chi connectivity index (χ4v) is 3.38. The van der Waals surface area contributed by atoms with Crippen LogP contribution in [0.4, 0.5) is 5.69 Å². The minimum atomic E-state index is -3.97. The van der Waals surface area contributed by atoms with Crippen LogP contribution < -0.4 is 10.5 Å². The summed E-state index contributed by atoms with van der Waals surface area (Å²) in [5, 5.41) is 7.95. The third kappa shape index (κ3) is 5.42. The van der Waals surface area contributed by atoms with E-state index < -0.39 is 28.0 Å². The molecule has 1 amide bonds. The standard InChI is InChI=1S/C21H26N2O5S/c1-12(2)17-8-6-7-14(4)19(17)23-20(24)15(5)28-21(25)18-11-16(29(22,26)27)10-9-13(18)3/h6-12,15H,1-5H3,(H,23,24)(H2,22,26,27). The lowest BCUT2D eigenvalue weighted by Crippen LogP contribution is -2.31. The Balaban J connectivity index is 2.20. The van der Waals surface area contributed by atoms with Crippen LogP contribution in [0.1, 0.15) is 53.7 Å². The van der Waals surface area contributed by atoms with Crippen LogP contribution in [-0.4, -0.2) is 26.4 Å². The lowest BCUT2D eigenvalue weighted by Gasteiger charge is -2.19. The monoisotopic (exact) mass is 418 g/mol. The molecule has 156 valence electrons. The summed E-state index contributed by atoms with van der Waals surface area (Å²) in [5.74, 6) is -1.08. The van der Waals surface area contributed by atoms with Crippen LogP contribution in [0.2, 0.25) is 0 Å². The number of aryl methyl sites for hydroxylation is 2. The number of esters is 1. The van der Waals surface area contributed by atoms with Gasteiger partial charge in [0.05, 0.1) is 10.5 Å². The number of primary sulfonamides is 1. The minimum absolute atomic E-state index is 0.0370. The molecular weight excluding hydrogens is 392 g/mol. The predicted molar refractivity (Wildman–Crippen MR) is 111 cm³/mol. The van der Waals surface area contributed by atoms with Crippen molar-refractivity contribution < 1.29 is 22.7 Å². The lowest BCUT2D eigenvalue weighted by molar-refractivity contribution is -0.123. The van der Waals surface area contributed by atoms with Crippen molar-refractivity contribution in [3.8, 4) is 0 Å². The number of amides is 1. The van der Waals surface area contributed by atoms with E-state index in [1.165, 1.54) is 19.1 Å². The molecule has 0 heterocycles. The number of carbonyl (C=O) groups is 2. The van der Waals surface area contributed by atoms with Gasteiger partial charge in [-0.2, -0.15) is 0 Å². The first-order valence-corrected chi connectivity index (χ1v) is 10.7. The Labute approximate surface area is 171 Å². The maximum Gasteiger partial charge on any atom is 0.339 e. The van der Waals surface area contributed by atoms with E-state index in [9.17, 15) is 18.0 Å². The SMILES string of the molecule is Cc1ccc(S(N)(=O)=O)cc1C(=O)OC(C)C(=O)Nc1c(C)cccc1C(C)C. The van der Waals surface area contributed by atoms with Crippen LogP contribution in [0.15, 0.2) is 41.3 Å². The van der Waals surface area contributed by atoms with Gasteiger partial charge < -0.3 is 10.1 Å². The van der Waals surface area contributed by atoms with Crippen molar-refractivity contribution in [1.29, 1.82) is 0 Å². The Kier molecular flexibility index (Phi) is 6.81. The van der Waals surface area contributed by atoms with Gasteiger partial charge in [-0.15, -0.1) is 0 Å². The van der Waals surface area contributed by atoms with Crippen LogP contribution in [0.3, 0.4) is 0 Å². The second-order valence-corrected chi connectivity index (χ2v) is 8.81. The smallest absolute Gasteiger partial charge is 0.339 e. The highest BCUT2D eigenvalue weighted by Gasteiger charge is 2.23. The van der Waals surface area contributed by atoms with Crippen molar-refractivity contribution in [1.82, 2.24) is 0 Å². The van der Waals surface area contributed by atoms with Gasteiger partial charge in [-0.25, -0.2) is 18.4 Å². The molecule has 0 saturated heterocycles. The van der Waals surface area contributed by atoms with Gasteiger partial charge in [-0.1, -0.05) is 38.1 Å². The number of benzene rings is 2. The summed E-state index contributed by atoms with van der Waals surface area (Å²) in [4.78, 5) is 24.9. The molecular formula is C21H26N2O5S. The molecule has 3 N–H and O–H groups in total. The van der Waals surface area contributed by atoms with Gasteiger partial charge in [0, 0.05) is 5.69 Å². The van der Waals surface area contributed by atoms with E-state index in [2.05, 4.69) is 5.32 Å². The van der Waals surface area contributed by atoms with Crippen molar-refractivity contribution >= 4 is 27.6 Å². The molecule has 0 bridgehead atoms. The number of para-hydroxylation sites is 1. The van der Waals surface area contributed by atoms with Crippen LogP contribution >= 0.6 is 0 Å². The summed E-state index contributed by atoms with van der Waals surface area (Å²) in [5.41, 5.74) is 3.13. The molecule has 1 unspecified atom stereocenters. The van der Waals surface area contributed by atoms with Crippen molar-refractivity contribution in [3.05, 3.63) is 58.7 Å². The number of hydrogen-bond acceptors (Lipinski definition) is 5. The maximum absolute atomic E-state index is 12.6. The van der Waals surface area contributed by atoms with Gasteiger partial charge in [0.25, 0.3) is 5.91 Å². The molecule has 29 heavy (non-hydrogen) atoms. The third-order valence-corrected chi connectivity index (χ3v) is 5.50. The van der Waals surface area contributed by atoms with E-state index in [0.29, 0.717) is 11.3 Å². The zero-order chi connectivity index (χ0) is 21.9. The first kappa shape index (κ1) is 22.6. The topological polar surface area (TPSA) is 116 Å². The molecule has 0 fully saturated rings. The molecule has 0 aliphatic carbocycles. The van der Waals surface area contributed by atoms with E-state index in [-0.39, 0.29) is 16.4 Å². The van der Waals surface area contributed by atoms with E-state index in [4.69, 9.17) is 9.88 Å². The van der Waals surface area contributed by atoms with Crippen molar-refractivity contribution in [2.75, 3.05) is 5.32 Å². The fourth-order valence-electron chi connectivity index (χ4n) is 2.84. The molecule has 2 aromatic carbocycles. The summed E-state index contributed by atoms with van der Waals surface area (Å²) in [6, 6.07) is 9.67. The number of nitrogens with two attached hydrogens (primary N) is 1. The number of hydrogen-bond donors (Lipinski definition) is 2. The zero-order valence-corrected chi connectivity index (χ0v) is 18.0. The second-order valence-electron chi connectivity index (χ2n) is 7.25. The summed E-state index contributed by atoms with van der Waals surface area (Å²) < 4.78 is 28.3. The Hall–Kier alpha value is -2.71. The van der Waals surface area contributed by atoms with Gasteiger partial charge in [-0.3, -0.25) is 4.79 Å². The van der Waals surface area contributed by atoms with Crippen LogP contribution in [0.25, 0.3) is 0 Å². The van der Waals surface area contributed by atoms with Gasteiger partial charge in [0.1, 0.15) is 0 Å². The summed E-state index contributed by atoms with van der Waals surface area (Å²) in [6.45, 7) is 9.03. The number of anilines is 1. The number of ether oxygens (including phenoxy) is 1. The molecule has 0 aliphatic heterocycles. The summed E-state index contributed by atoms with van der Waals surface area (Å²) in [6.07, 6.45) is -1.08. The number of nitrogens with one attached hydrogen (secondary N) is 1. The normalized spacial score (nSPS) is 12.5. The molecule has 0 radical (unpaired) electrons. The highest BCUT2D eigenvalue weighted by atomic mass is 32.2. The average molecular weight is 419 g/mol. The largest absolute Gasteiger partial charge is 0.449 e. The Morgan fingerprint density at radius 2 is 1.69 bits per heavy atom. The number of sulfonamides is 1. The molecule has 8 heteroatoms. The Bertz CT molecular complexity index is 1050. The molecule has 0 aromatic heterocycles. The Morgan fingerprint density at radius 1 is 1.03 bits per heavy atom. The van der Waals surface area contributed by atoms with Crippen LogP contribution in [0.5, 0.6) is 0 Å². The second kappa shape index (κ2) is 8.75. The molecule has 0 spiro atoms. The molecule has 0 aliphatic rings. The molecule has 1 atom stereocenters. The minimum Gasteiger partial charge on any atom is -0.449 e. The van der Waals surface area contributed by atoms with E-state index >= 15 is 0 Å². The van der Waals surface area contributed by atoms with Crippen LogP contribution in [-0.2, 0) is 19.6 Å². The average Bonchev–Trinajstić information content (AvgIpc) is 2.62. The Morgan fingerprint density at radius 3 is 2.28 bits per heavy atom. The van der Waals surface area contributed by atoms with Crippen molar-refractivity contribution in [2.24, 2.45) is 5.14 Å². The first-order valence-electron chi connectivity index (χ1n) is 9.16. The van der Waals surface area contributed by atoms with E-state index in [1.54, 1.807) is 6.92 Å². The molecule has 0 saturated carbocycles. The van der Waals surface area contributed by atoms with E-state index in [0.717, 1.165) is 17.2 Å². The zero-order valence-electron chi connectivity index (χ0n) is 17.1. The van der Waals surface area contributed by atoms with Crippen LogP contribution in [0, 0.1) is 13.8 Å².